The molecule has 0 aromatic heterocycles. The Labute approximate surface area is 107 Å². The molecular weight excluding hydrogens is 228 g/mol. The van der Waals surface area contributed by atoms with Crippen LogP contribution in [0.3, 0.4) is 0 Å². The molecule has 1 aromatic rings. The van der Waals surface area contributed by atoms with Crippen molar-refractivity contribution in [3.05, 3.63) is 35.4 Å². The summed E-state index contributed by atoms with van der Waals surface area (Å²) in [6.45, 7) is 4.74. The van der Waals surface area contributed by atoms with Crippen LogP contribution in [0.25, 0.3) is 0 Å². The highest BCUT2D eigenvalue weighted by atomic mass is 16.2. The number of amides is 1. The molecule has 0 saturated carbocycles. The third kappa shape index (κ3) is 2.96. The van der Waals surface area contributed by atoms with Crippen LogP contribution in [-0.2, 0) is 16.0 Å². The first-order valence-corrected chi connectivity index (χ1v) is 6.26. The van der Waals surface area contributed by atoms with Crippen LogP contribution in [0.5, 0.6) is 0 Å². The molecule has 4 heteroatoms. The number of piperazine rings is 1. The maximum Gasteiger partial charge on any atom is 0.290 e. The minimum Gasteiger partial charge on any atom is -0.334 e. The SMILES string of the molecule is Cc1ccccc1CC(=O)C(=O)N1CCNCC1. The predicted octanol–water partition coefficient (Wildman–Crippen LogP) is 0.538. The van der Waals surface area contributed by atoms with Crippen LogP contribution in [0.1, 0.15) is 11.1 Å². The zero-order chi connectivity index (χ0) is 13.0. The summed E-state index contributed by atoms with van der Waals surface area (Å²) in [6.07, 6.45) is 0.204. The number of rotatable bonds is 3. The number of carbonyl (C=O) groups excluding carboxylic acids is 2. The smallest absolute Gasteiger partial charge is 0.290 e. The van der Waals surface area contributed by atoms with Gasteiger partial charge in [0.15, 0.2) is 0 Å². The molecule has 0 bridgehead atoms. The fourth-order valence-corrected chi connectivity index (χ4v) is 2.10. The van der Waals surface area contributed by atoms with Gasteiger partial charge in [-0.25, -0.2) is 0 Å². The van der Waals surface area contributed by atoms with E-state index in [4.69, 9.17) is 0 Å². The molecule has 1 heterocycles. The molecule has 18 heavy (non-hydrogen) atoms. The number of benzene rings is 1. The number of hydrogen-bond donors (Lipinski definition) is 1. The van der Waals surface area contributed by atoms with Gasteiger partial charge in [-0.2, -0.15) is 0 Å². The van der Waals surface area contributed by atoms with E-state index in [1.807, 2.05) is 31.2 Å². The van der Waals surface area contributed by atoms with Crippen LogP contribution in [0, 0.1) is 6.92 Å². The van der Waals surface area contributed by atoms with E-state index in [2.05, 4.69) is 5.32 Å². The van der Waals surface area contributed by atoms with Crippen LogP contribution >= 0.6 is 0 Å². The van der Waals surface area contributed by atoms with Crippen LogP contribution in [0.15, 0.2) is 24.3 Å². The molecule has 1 aliphatic heterocycles. The van der Waals surface area contributed by atoms with Crippen LogP contribution in [0.2, 0.25) is 0 Å². The molecule has 0 spiro atoms. The zero-order valence-electron chi connectivity index (χ0n) is 10.6. The lowest BCUT2D eigenvalue weighted by Gasteiger charge is -2.26. The topological polar surface area (TPSA) is 49.4 Å². The van der Waals surface area contributed by atoms with E-state index in [1.165, 1.54) is 0 Å². The van der Waals surface area contributed by atoms with Gasteiger partial charge in [-0.3, -0.25) is 9.59 Å². The molecule has 4 nitrogen and oxygen atoms in total. The second-order valence-corrected chi connectivity index (χ2v) is 4.57. The molecule has 1 fully saturated rings. The van der Waals surface area contributed by atoms with Gasteiger partial charge in [-0.15, -0.1) is 0 Å². The average Bonchev–Trinajstić information content (AvgIpc) is 2.41. The number of ketones is 1. The van der Waals surface area contributed by atoms with Gasteiger partial charge in [0, 0.05) is 32.6 Å². The maximum absolute atomic E-state index is 12.0. The van der Waals surface area contributed by atoms with Gasteiger partial charge in [0.25, 0.3) is 5.91 Å². The van der Waals surface area contributed by atoms with Crippen LogP contribution < -0.4 is 5.32 Å². The van der Waals surface area contributed by atoms with Gasteiger partial charge >= 0.3 is 0 Å². The molecule has 0 atom stereocenters. The first-order valence-electron chi connectivity index (χ1n) is 6.26. The molecule has 96 valence electrons. The number of hydrogen-bond acceptors (Lipinski definition) is 3. The molecule has 0 radical (unpaired) electrons. The predicted molar refractivity (Wildman–Crippen MR) is 69.3 cm³/mol. The molecule has 2 rings (SSSR count). The summed E-state index contributed by atoms with van der Waals surface area (Å²) in [5, 5.41) is 3.16. The van der Waals surface area contributed by atoms with Gasteiger partial charge < -0.3 is 10.2 Å². The fourth-order valence-electron chi connectivity index (χ4n) is 2.10. The normalized spacial score (nSPS) is 15.5. The monoisotopic (exact) mass is 246 g/mol. The summed E-state index contributed by atoms with van der Waals surface area (Å²) in [7, 11) is 0. The highest BCUT2D eigenvalue weighted by molar-refractivity contribution is 6.36. The van der Waals surface area contributed by atoms with Crippen molar-refractivity contribution in [2.75, 3.05) is 26.2 Å². The number of Topliss-reactive ketones (excluding diaryl/α,β-unsaturated/α-hetero) is 1. The minimum absolute atomic E-state index is 0.204. The Morgan fingerprint density at radius 3 is 2.56 bits per heavy atom. The van der Waals surface area contributed by atoms with E-state index in [9.17, 15) is 9.59 Å². The number of aryl methyl sites for hydroxylation is 1. The first-order chi connectivity index (χ1) is 8.68. The standard InChI is InChI=1S/C14H18N2O2/c1-11-4-2-3-5-12(11)10-13(17)14(18)16-8-6-15-7-9-16/h2-5,15H,6-10H2,1H3. The van der Waals surface area contributed by atoms with Crippen molar-refractivity contribution in [1.29, 1.82) is 0 Å². The Bertz CT molecular complexity index is 451. The van der Waals surface area contributed by atoms with Crippen molar-refractivity contribution in [3.63, 3.8) is 0 Å². The van der Waals surface area contributed by atoms with Gasteiger partial charge in [0.1, 0.15) is 0 Å². The summed E-state index contributed by atoms with van der Waals surface area (Å²) >= 11 is 0. The van der Waals surface area contributed by atoms with E-state index < -0.39 is 0 Å². The highest BCUT2D eigenvalue weighted by Crippen LogP contribution is 2.09. The van der Waals surface area contributed by atoms with Gasteiger partial charge in [-0.05, 0) is 18.1 Å². The van der Waals surface area contributed by atoms with E-state index >= 15 is 0 Å². The van der Waals surface area contributed by atoms with Crippen LogP contribution in [0.4, 0.5) is 0 Å². The second-order valence-electron chi connectivity index (χ2n) is 4.57. The second kappa shape index (κ2) is 5.78. The van der Waals surface area contributed by atoms with Crippen molar-refractivity contribution in [2.24, 2.45) is 0 Å². The Hall–Kier alpha value is -1.68. The average molecular weight is 246 g/mol. The quantitative estimate of drug-likeness (QED) is 0.792. The summed E-state index contributed by atoms with van der Waals surface area (Å²) in [4.78, 5) is 25.6. The third-order valence-corrected chi connectivity index (χ3v) is 3.26. The number of carbonyl (C=O) groups is 2. The summed E-state index contributed by atoms with van der Waals surface area (Å²) in [5.41, 5.74) is 1.99. The zero-order valence-corrected chi connectivity index (χ0v) is 10.6. The number of nitrogens with zero attached hydrogens (tertiary/aromatic N) is 1. The van der Waals surface area contributed by atoms with Crippen molar-refractivity contribution in [1.82, 2.24) is 10.2 Å². The Kier molecular flexibility index (Phi) is 4.10. The first kappa shape index (κ1) is 12.8. The van der Waals surface area contributed by atoms with Crippen molar-refractivity contribution < 1.29 is 9.59 Å². The Morgan fingerprint density at radius 2 is 1.89 bits per heavy atom. The molecular formula is C14H18N2O2. The lowest BCUT2D eigenvalue weighted by Crippen LogP contribution is -2.49. The minimum atomic E-state index is -0.347. The Balaban J connectivity index is 1.99. The highest BCUT2D eigenvalue weighted by Gasteiger charge is 2.23. The fraction of sp³-hybridized carbons (Fsp3) is 0.429. The lowest BCUT2D eigenvalue weighted by molar-refractivity contribution is -0.144. The molecule has 1 aliphatic rings. The largest absolute Gasteiger partial charge is 0.334 e. The molecule has 1 N–H and O–H groups in total. The molecule has 0 aliphatic carbocycles. The van der Waals surface area contributed by atoms with Gasteiger partial charge in [0.2, 0.25) is 5.78 Å². The van der Waals surface area contributed by atoms with E-state index in [1.54, 1.807) is 4.90 Å². The van der Waals surface area contributed by atoms with Gasteiger partial charge in [-0.1, -0.05) is 24.3 Å². The van der Waals surface area contributed by atoms with E-state index in [0.29, 0.717) is 13.1 Å². The van der Waals surface area contributed by atoms with Crippen LogP contribution in [-0.4, -0.2) is 42.8 Å². The summed E-state index contributed by atoms with van der Waals surface area (Å²) in [6, 6.07) is 7.68. The lowest BCUT2D eigenvalue weighted by atomic mass is 10.0. The number of nitrogens with one attached hydrogen (secondary N) is 1. The summed E-state index contributed by atoms with van der Waals surface area (Å²) in [5.74, 6) is -0.661. The van der Waals surface area contributed by atoms with Crippen molar-refractivity contribution in [3.8, 4) is 0 Å². The molecule has 1 amide bonds. The van der Waals surface area contributed by atoms with Crippen molar-refractivity contribution >= 4 is 11.7 Å². The van der Waals surface area contributed by atoms with E-state index in [-0.39, 0.29) is 18.1 Å². The molecule has 1 aromatic carbocycles. The maximum atomic E-state index is 12.0. The van der Waals surface area contributed by atoms with Crippen molar-refractivity contribution in [2.45, 2.75) is 13.3 Å². The van der Waals surface area contributed by atoms with E-state index in [0.717, 1.165) is 24.2 Å². The third-order valence-electron chi connectivity index (χ3n) is 3.26. The molecule has 1 saturated heterocycles. The summed E-state index contributed by atoms with van der Waals surface area (Å²) < 4.78 is 0. The Morgan fingerprint density at radius 1 is 1.22 bits per heavy atom. The van der Waals surface area contributed by atoms with Gasteiger partial charge in [0.05, 0.1) is 0 Å². The molecule has 0 unspecified atom stereocenters.